The number of aliphatic hydroxyl groups is 1. The molecule has 2 N–H and O–H groups in total. The number of nitrogens with zero attached hydrogens (tertiary/aromatic N) is 2. The average Bonchev–Trinajstić information content (AvgIpc) is 2.89. The Morgan fingerprint density at radius 2 is 2.00 bits per heavy atom. The van der Waals surface area contributed by atoms with Crippen molar-refractivity contribution < 1.29 is 5.11 Å². The Bertz CT molecular complexity index is 572. The standard InChI is InChI=1S/C17H25N3O/c1-5-16(14-8-6-13(2)7-9-14)18-12-17(3,21)15-10-19-20(4)11-15/h6-11,16,18,21H,5,12H2,1-4H3. The first-order valence-electron chi connectivity index (χ1n) is 7.44. The molecule has 4 nitrogen and oxygen atoms in total. The molecule has 1 aromatic heterocycles. The van der Waals surface area contributed by atoms with Crippen molar-refractivity contribution >= 4 is 0 Å². The minimum absolute atomic E-state index is 0.244. The van der Waals surface area contributed by atoms with Gasteiger partial charge in [-0.25, -0.2) is 0 Å². The summed E-state index contributed by atoms with van der Waals surface area (Å²) in [5, 5.41) is 18.2. The summed E-state index contributed by atoms with van der Waals surface area (Å²) in [7, 11) is 1.86. The van der Waals surface area contributed by atoms with E-state index < -0.39 is 5.60 Å². The van der Waals surface area contributed by atoms with Gasteiger partial charge in [-0.15, -0.1) is 0 Å². The fourth-order valence-electron chi connectivity index (χ4n) is 2.42. The van der Waals surface area contributed by atoms with Gasteiger partial charge in [0.15, 0.2) is 0 Å². The lowest BCUT2D eigenvalue weighted by Crippen LogP contribution is -2.37. The minimum Gasteiger partial charge on any atom is -0.384 e. The van der Waals surface area contributed by atoms with Crippen LogP contribution in [0.15, 0.2) is 36.7 Å². The topological polar surface area (TPSA) is 50.1 Å². The van der Waals surface area contributed by atoms with Gasteiger partial charge in [-0.05, 0) is 25.8 Å². The zero-order valence-corrected chi connectivity index (χ0v) is 13.3. The van der Waals surface area contributed by atoms with E-state index in [0.29, 0.717) is 6.54 Å². The van der Waals surface area contributed by atoms with Crippen LogP contribution in [-0.4, -0.2) is 21.4 Å². The van der Waals surface area contributed by atoms with Crippen molar-refractivity contribution in [2.45, 2.75) is 38.8 Å². The van der Waals surface area contributed by atoms with Crippen LogP contribution in [0, 0.1) is 6.92 Å². The molecule has 0 aliphatic rings. The maximum atomic E-state index is 10.6. The Labute approximate surface area is 126 Å². The number of rotatable bonds is 6. The van der Waals surface area contributed by atoms with Crippen LogP contribution >= 0.6 is 0 Å². The molecule has 0 bridgehead atoms. The van der Waals surface area contributed by atoms with Gasteiger partial charge in [0.1, 0.15) is 5.60 Å². The van der Waals surface area contributed by atoms with E-state index in [9.17, 15) is 5.11 Å². The zero-order chi connectivity index (χ0) is 15.5. The predicted molar refractivity (Wildman–Crippen MR) is 85.0 cm³/mol. The summed E-state index contributed by atoms with van der Waals surface area (Å²) in [5.74, 6) is 0. The van der Waals surface area contributed by atoms with Gasteiger partial charge < -0.3 is 10.4 Å². The maximum Gasteiger partial charge on any atom is 0.102 e. The van der Waals surface area contributed by atoms with Crippen molar-refractivity contribution in [2.24, 2.45) is 7.05 Å². The lowest BCUT2D eigenvalue weighted by atomic mass is 9.97. The molecule has 1 heterocycles. The van der Waals surface area contributed by atoms with Gasteiger partial charge in [0.05, 0.1) is 6.20 Å². The van der Waals surface area contributed by atoms with Crippen molar-refractivity contribution in [2.75, 3.05) is 6.54 Å². The van der Waals surface area contributed by atoms with Crippen LogP contribution in [0.1, 0.15) is 43.0 Å². The third-order valence-corrected chi connectivity index (χ3v) is 3.91. The van der Waals surface area contributed by atoms with Gasteiger partial charge in [0.25, 0.3) is 0 Å². The highest BCUT2D eigenvalue weighted by Crippen LogP contribution is 2.22. The normalized spacial score (nSPS) is 15.7. The van der Waals surface area contributed by atoms with E-state index in [1.165, 1.54) is 11.1 Å². The zero-order valence-electron chi connectivity index (χ0n) is 13.3. The molecule has 0 spiro atoms. The van der Waals surface area contributed by atoms with Crippen LogP contribution in [0.5, 0.6) is 0 Å². The summed E-state index contributed by atoms with van der Waals surface area (Å²) >= 11 is 0. The van der Waals surface area contributed by atoms with Crippen LogP contribution in [0.25, 0.3) is 0 Å². The number of nitrogens with one attached hydrogen (secondary N) is 1. The van der Waals surface area contributed by atoms with Crippen LogP contribution in [0.3, 0.4) is 0 Å². The molecule has 2 aromatic rings. The second-order valence-electron chi connectivity index (χ2n) is 5.93. The van der Waals surface area contributed by atoms with Crippen molar-refractivity contribution in [1.29, 1.82) is 0 Å². The maximum absolute atomic E-state index is 10.6. The third kappa shape index (κ3) is 3.93. The number of aromatic nitrogens is 2. The van der Waals surface area contributed by atoms with E-state index in [0.717, 1.165) is 12.0 Å². The SMILES string of the molecule is CCC(NCC(C)(O)c1cnn(C)c1)c1ccc(C)cc1. The van der Waals surface area contributed by atoms with Gasteiger partial charge in [0, 0.05) is 31.4 Å². The Balaban J connectivity index is 2.04. The Morgan fingerprint density at radius 1 is 1.33 bits per heavy atom. The molecule has 2 rings (SSSR count). The molecule has 1 aromatic carbocycles. The second-order valence-corrected chi connectivity index (χ2v) is 5.93. The van der Waals surface area contributed by atoms with Crippen molar-refractivity contribution in [3.8, 4) is 0 Å². The quantitative estimate of drug-likeness (QED) is 0.859. The molecule has 114 valence electrons. The van der Waals surface area contributed by atoms with Crippen LogP contribution in [0.2, 0.25) is 0 Å². The Kier molecular flexibility index (Phi) is 4.80. The van der Waals surface area contributed by atoms with E-state index in [4.69, 9.17) is 0 Å². The fraction of sp³-hybridized carbons (Fsp3) is 0.471. The molecular formula is C17H25N3O. The molecule has 2 atom stereocenters. The monoisotopic (exact) mass is 287 g/mol. The van der Waals surface area contributed by atoms with E-state index in [1.807, 2.05) is 20.2 Å². The number of hydrogen-bond acceptors (Lipinski definition) is 3. The molecule has 0 fully saturated rings. The molecule has 21 heavy (non-hydrogen) atoms. The van der Waals surface area contributed by atoms with Gasteiger partial charge in [-0.3, -0.25) is 4.68 Å². The Hall–Kier alpha value is -1.65. The van der Waals surface area contributed by atoms with E-state index >= 15 is 0 Å². The number of aryl methyl sites for hydroxylation is 2. The van der Waals surface area contributed by atoms with Crippen molar-refractivity contribution in [1.82, 2.24) is 15.1 Å². The molecule has 0 saturated heterocycles. The molecular weight excluding hydrogens is 262 g/mol. The van der Waals surface area contributed by atoms with E-state index in [2.05, 4.69) is 48.5 Å². The predicted octanol–water partition coefficient (Wildman–Crippen LogP) is 2.68. The fourth-order valence-corrected chi connectivity index (χ4v) is 2.42. The van der Waals surface area contributed by atoms with E-state index in [1.54, 1.807) is 10.9 Å². The highest BCUT2D eigenvalue weighted by atomic mass is 16.3. The molecule has 0 saturated carbocycles. The number of hydrogen-bond donors (Lipinski definition) is 2. The third-order valence-electron chi connectivity index (χ3n) is 3.91. The van der Waals surface area contributed by atoms with Gasteiger partial charge in [-0.2, -0.15) is 5.10 Å². The van der Waals surface area contributed by atoms with E-state index in [-0.39, 0.29) is 6.04 Å². The van der Waals surface area contributed by atoms with Crippen LogP contribution in [0.4, 0.5) is 0 Å². The molecule has 2 unspecified atom stereocenters. The largest absolute Gasteiger partial charge is 0.384 e. The second kappa shape index (κ2) is 6.41. The smallest absolute Gasteiger partial charge is 0.102 e. The van der Waals surface area contributed by atoms with Gasteiger partial charge >= 0.3 is 0 Å². The molecule has 0 radical (unpaired) electrons. The number of benzene rings is 1. The summed E-state index contributed by atoms with van der Waals surface area (Å²) < 4.78 is 1.71. The molecule has 0 aliphatic carbocycles. The van der Waals surface area contributed by atoms with Crippen molar-refractivity contribution in [3.63, 3.8) is 0 Å². The summed E-state index contributed by atoms with van der Waals surface area (Å²) in [5.41, 5.74) is 2.42. The van der Waals surface area contributed by atoms with Crippen LogP contribution < -0.4 is 5.32 Å². The summed E-state index contributed by atoms with van der Waals surface area (Å²) in [6.45, 7) is 6.55. The molecule has 0 amide bonds. The Morgan fingerprint density at radius 3 is 2.52 bits per heavy atom. The summed E-state index contributed by atoms with van der Waals surface area (Å²) in [6.07, 6.45) is 4.55. The minimum atomic E-state index is -0.924. The molecule has 0 aliphatic heterocycles. The highest BCUT2D eigenvalue weighted by Gasteiger charge is 2.25. The summed E-state index contributed by atoms with van der Waals surface area (Å²) in [6, 6.07) is 8.79. The average molecular weight is 287 g/mol. The van der Waals surface area contributed by atoms with Gasteiger partial charge in [0.2, 0.25) is 0 Å². The first-order chi connectivity index (χ1) is 9.92. The van der Waals surface area contributed by atoms with Gasteiger partial charge in [-0.1, -0.05) is 36.8 Å². The first kappa shape index (κ1) is 15.7. The lowest BCUT2D eigenvalue weighted by Gasteiger charge is -2.26. The lowest BCUT2D eigenvalue weighted by molar-refractivity contribution is 0.0535. The highest BCUT2D eigenvalue weighted by molar-refractivity contribution is 5.24. The summed E-state index contributed by atoms with van der Waals surface area (Å²) in [4.78, 5) is 0. The van der Waals surface area contributed by atoms with Crippen molar-refractivity contribution in [3.05, 3.63) is 53.3 Å². The van der Waals surface area contributed by atoms with Crippen LogP contribution in [-0.2, 0) is 12.6 Å². The molecule has 4 heteroatoms. The first-order valence-corrected chi connectivity index (χ1v) is 7.44.